The predicted octanol–water partition coefficient (Wildman–Crippen LogP) is 3.18. The molecule has 5 heteroatoms. The number of likely N-dealkylation sites (N-methyl/N-ethyl adjacent to an activating group) is 1. The number of alkyl halides is 1. The summed E-state index contributed by atoms with van der Waals surface area (Å²) in [6, 6.07) is 15.1. The van der Waals surface area contributed by atoms with E-state index < -0.39 is 11.6 Å². The molecular formula is C23H23FNO3+. The molecule has 0 N–H and O–H groups in total. The number of epoxide rings is 1. The van der Waals surface area contributed by atoms with Crippen molar-refractivity contribution < 1.29 is 23.1 Å². The van der Waals surface area contributed by atoms with Gasteiger partial charge in [-0.3, -0.25) is 0 Å². The molecule has 2 aromatic carbocycles. The first-order valence-corrected chi connectivity index (χ1v) is 10.0. The molecule has 3 heterocycles. The van der Waals surface area contributed by atoms with E-state index >= 15 is 4.39 Å². The number of hydrogen-bond acceptors (Lipinski definition) is 3. The van der Waals surface area contributed by atoms with Crippen LogP contribution in [0, 0.1) is 0 Å². The summed E-state index contributed by atoms with van der Waals surface area (Å²) in [5.41, 5.74) is 0.0833. The Labute approximate surface area is 163 Å². The second-order valence-electron chi connectivity index (χ2n) is 9.08. The smallest absolute Gasteiger partial charge is 0.353 e. The maximum absolute atomic E-state index is 16.4. The highest BCUT2D eigenvalue weighted by Gasteiger charge is 2.71. The second-order valence-corrected chi connectivity index (χ2v) is 9.08. The van der Waals surface area contributed by atoms with Gasteiger partial charge in [-0.25, -0.2) is 9.18 Å². The lowest BCUT2D eigenvalue weighted by Gasteiger charge is -2.45. The summed E-state index contributed by atoms with van der Waals surface area (Å²) in [7, 11) is 4.45. The van der Waals surface area contributed by atoms with Crippen LogP contribution < -0.4 is 0 Å². The number of piperidine rings is 1. The van der Waals surface area contributed by atoms with Gasteiger partial charge in [0.05, 0.1) is 14.1 Å². The summed E-state index contributed by atoms with van der Waals surface area (Å²) in [6.07, 6.45) is 1.76. The molecule has 0 radical (unpaired) electrons. The van der Waals surface area contributed by atoms with Crippen LogP contribution in [0.2, 0.25) is 0 Å². The van der Waals surface area contributed by atoms with Crippen LogP contribution in [0.25, 0.3) is 11.1 Å². The van der Waals surface area contributed by atoms with E-state index in [1.165, 1.54) is 0 Å². The lowest BCUT2D eigenvalue weighted by atomic mass is 9.92. The van der Waals surface area contributed by atoms with Crippen molar-refractivity contribution in [3.63, 3.8) is 0 Å². The highest BCUT2D eigenvalue weighted by Crippen LogP contribution is 2.53. The Morgan fingerprint density at radius 2 is 1.50 bits per heavy atom. The maximum Gasteiger partial charge on any atom is 0.353 e. The van der Waals surface area contributed by atoms with E-state index in [9.17, 15) is 4.79 Å². The van der Waals surface area contributed by atoms with Gasteiger partial charge in [0.15, 0.2) is 0 Å². The molecule has 2 aromatic rings. The van der Waals surface area contributed by atoms with Crippen molar-refractivity contribution in [3.05, 3.63) is 59.7 Å². The Morgan fingerprint density at radius 1 is 1.00 bits per heavy atom. The molecule has 0 amide bonds. The molecule has 144 valence electrons. The van der Waals surface area contributed by atoms with Crippen LogP contribution in [0.15, 0.2) is 48.5 Å². The normalized spacial score (nSPS) is 34.9. The number of carbonyl (C=O) groups excluding carboxylic acids is 1. The summed E-state index contributed by atoms with van der Waals surface area (Å²) < 4.78 is 29.0. The van der Waals surface area contributed by atoms with Gasteiger partial charge in [-0.1, -0.05) is 48.5 Å². The standard InChI is InChI=1S/C23H23FNO3/c1-25(2)18-11-13(12-19(25)21-20(18)28-21)27-22(26)23(24)16-9-5-3-7-14(16)15-8-4-6-10-17(15)23/h3-10,13,18-21H,11-12H2,1-2H3/q+1/t13?,18?,19?,20-,21?/m1/s1. The average Bonchev–Trinajstić information content (AvgIpc) is 3.40. The topological polar surface area (TPSA) is 38.8 Å². The molecule has 0 aromatic heterocycles. The monoisotopic (exact) mass is 380 g/mol. The first-order valence-electron chi connectivity index (χ1n) is 10.0. The first kappa shape index (κ1) is 16.7. The molecular weight excluding hydrogens is 357 g/mol. The fourth-order valence-electron chi connectivity index (χ4n) is 5.94. The van der Waals surface area contributed by atoms with Crippen LogP contribution >= 0.6 is 0 Å². The minimum absolute atomic E-state index is 0.252. The summed E-state index contributed by atoms with van der Waals surface area (Å²) in [5, 5.41) is 0. The highest BCUT2D eigenvalue weighted by molar-refractivity contribution is 5.96. The molecule has 4 unspecified atom stereocenters. The Kier molecular flexibility index (Phi) is 3.11. The molecule has 5 atom stereocenters. The lowest BCUT2D eigenvalue weighted by molar-refractivity contribution is -0.938. The van der Waals surface area contributed by atoms with Crippen molar-refractivity contribution in [2.75, 3.05) is 14.1 Å². The van der Waals surface area contributed by atoms with Gasteiger partial charge in [0, 0.05) is 24.0 Å². The zero-order valence-electron chi connectivity index (χ0n) is 16.0. The molecule has 0 saturated carbocycles. The third-order valence-electron chi connectivity index (χ3n) is 7.48. The summed E-state index contributed by atoms with van der Waals surface area (Å²) in [6.45, 7) is 0. The SMILES string of the molecule is C[N+]1(C)C2CC(OC(=O)C3(F)c4ccccc4-c4ccccc43)CC1[C@H]1OC21. The highest BCUT2D eigenvalue weighted by atomic mass is 19.1. The van der Waals surface area contributed by atoms with Crippen molar-refractivity contribution >= 4 is 5.97 Å². The number of morpholine rings is 1. The van der Waals surface area contributed by atoms with Gasteiger partial charge in [-0.05, 0) is 11.1 Å². The van der Waals surface area contributed by atoms with Crippen LogP contribution in [0.3, 0.4) is 0 Å². The number of carbonyl (C=O) groups is 1. The lowest BCUT2D eigenvalue weighted by Crippen LogP contribution is -2.60. The van der Waals surface area contributed by atoms with Crippen molar-refractivity contribution in [1.82, 2.24) is 0 Å². The molecule has 3 fully saturated rings. The van der Waals surface area contributed by atoms with Crippen molar-refractivity contribution in [3.8, 4) is 11.1 Å². The zero-order chi connectivity index (χ0) is 19.3. The molecule has 3 aliphatic heterocycles. The van der Waals surface area contributed by atoms with E-state index in [0.717, 1.165) is 28.5 Å². The quantitative estimate of drug-likeness (QED) is 0.456. The summed E-state index contributed by atoms with van der Waals surface area (Å²) in [5.74, 6) is -0.781. The Hall–Kier alpha value is -2.24. The Balaban J connectivity index is 1.33. The van der Waals surface area contributed by atoms with Gasteiger partial charge in [0.25, 0.3) is 5.67 Å². The molecule has 4 nitrogen and oxygen atoms in total. The van der Waals surface area contributed by atoms with E-state index in [0.29, 0.717) is 23.2 Å². The van der Waals surface area contributed by atoms with Gasteiger partial charge >= 0.3 is 5.97 Å². The fourth-order valence-corrected chi connectivity index (χ4v) is 5.94. The minimum atomic E-state index is -2.24. The van der Waals surface area contributed by atoms with Crippen molar-refractivity contribution in [2.24, 2.45) is 0 Å². The molecule has 4 aliphatic rings. The van der Waals surface area contributed by atoms with Gasteiger partial charge in [0.2, 0.25) is 0 Å². The number of ether oxygens (including phenoxy) is 2. The molecule has 3 saturated heterocycles. The number of halogens is 1. The van der Waals surface area contributed by atoms with Gasteiger partial charge in [-0.15, -0.1) is 0 Å². The van der Waals surface area contributed by atoms with Gasteiger partial charge in [-0.2, -0.15) is 0 Å². The Morgan fingerprint density at radius 3 is 2.04 bits per heavy atom. The van der Waals surface area contributed by atoms with Crippen molar-refractivity contribution in [1.29, 1.82) is 0 Å². The van der Waals surface area contributed by atoms with Crippen LogP contribution in [0.4, 0.5) is 4.39 Å². The number of benzene rings is 2. The third-order valence-corrected chi connectivity index (χ3v) is 7.48. The van der Waals surface area contributed by atoms with Crippen LogP contribution in [-0.2, 0) is 19.9 Å². The predicted molar refractivity (Wildman–Crippen MR) is 101 cm³/mol. The van der Waals surface area contributed by atoms with E-state index in [1.807, 2.05) is 24.3 Å². The molecule has 1 aliphatic carbocycles. The summed E-state index contributed by atoms with van der Waals surface area (Å²) >= 11 is 0. The fraction of sp³-hybridized carbons (Fsp3) is 0.435. The number of quaternary nitrogens is 1. The second kappa shape index (κ2) is 5.22. The molecule has 0 spiro atoms. The molecule has 2 bridgehead atoms. The number of nitrogens with zero attached hydrogens (tertiary/aromatic N) is 1. The molecule has 6 rings (SSSR count). The van der Waals surface area contributed by atoms with Gasteiger partial charge in [0.1, 0.15) is 30.4 Å². The van der Waals surface area contributed by atoms with Crippen LogP contribution in [-0.4, -0.2) is 54.9 Å². The van der Waals surface area contributed by atoms with Gasteiger partial charge < -0.3 is 14.0 Å². The summed E-state index contributed by atoms with van der Waals surface area (Å²) in [4.78, 5) is 13.2. The number of hydrogen-bond donors (Lipinski definition) is 0. The van der Waals surface area contributed by atoms with Crippen LogP contribution in [0.5, 0.6) is 0 Å². The van der Waals surface area contributed by atoms with E-state index in [2.05, 4.69) is 14.1 Å². The average molecular weight is 380 g/mol. The Bertz CT molecular complexity index is 937. The number of esters is 1. The van der Waals surface area contributed by atoms with E-state index in [1.54, 1.807) is 24.3 Å². The number of fused-ring (bicyclic) bond motifs is 8. The van der Waals surface area contributed by atoms with Crippen LogP contribution in [0.1, 0.15) is 24.0 Å². The maximum atomic E-state index is 16.4. The van der Waals surface area contributed by atoms with E-state index in [4.69, 9.17) is 9.47 Å². The minimum Gasteiger partial charge on any atom is -0.459 e. The number of rotatable bonds is 2. The largest absolute Gasteiger partial charge is 0.459 e. The van der Waals surface area contributed by atoms with Crippen molar-refractivity contribution in [2.45, 2.75) is 48.9 Å². The van der Waals surface area contributed by atoms with E-state index in [-0.39, 0.29) is 18.3 Å². The first-order chi connectivity index (χ1) is 13.4. The third kappa shape index (κ3) is 1.93. The molecule has 28 heavy (non-hydrogen) atoms. The zero-order valence-corrected chi connectivity index (χ0v) is 16.0.